The van der Waals surface area contributed by atoms with Crippen molar-refractivity contribution in [2.45, 2.75) is 6.42 Å². The van der Waals surface area contributed by atoms with E-state index in [-0.39, 0.29) is 0 Å². The van der Waals surface area contributed by atoms with Gasteiger partial charge in [0.05, 0.1) is 0 Å². The minimum absolute atomic E-state index is 0.503. The van der Waals surface area contributed by atoms with E-state index in [1.807, 2.05) is 0 Å². The summed E-state index contributed by atoms with van der Waals surface area (Å²) in [5.74, 6) is 0.503. The van der Waals surface area contributed by atoms with Crippen LogP contribution in [0.4, 0.5) is 0 Å². The van der Waals surface area contributed by atoms with Gasteiger partial charge < -0.3 is 0 Å². The predicted octanol–water partition coefficient (Wildman–Crippen LogP) is 4.07. The summed E-state index contributed by atoms with van der Waals surface area (Å²) in [5.41, 5.74) is 7.32. The molecule has 0 saturated heterocycles. The molecule has 0 nitrogen and oxygen atoms in total. The van der Waals surface area contributed by atoms with Crippen LogP contribution >= 0.6 is 0 Å². The van der Waals surface area contributed by atoms with Crippen LogP contribution in [-0.4, -0.2) is 3.21 Å². The average molecular weight is 334 g/mol. The van der Waals surface area contributed by atoms with Crippen LogP contribution in [-0.2, 0) is 30.7 Å². The third-order valence-electron chi connectivity index (χ3n) is 4.22. The number of fused-ring (bicyclic) bond motifs is 3. The van der Waals surface area contributed by atoms with E-state index in [0.717, 1.165) is 6.42 Å². The maximum atomic E-state index is 2.30. The second-order valence-corrected chi connectivity index (χ2v) is 6.70. The summed E-state index contributed by atoms with van der Waals surface area (Å²) in [6, 6.07) is 15.6. The van der Waals surface area contributed by atoms with Gasteiger partial charge in [-0.15, -0.1) is 0 Å². The van der Waals surface area contributed by atoms with Gasteiger partial charge in [0.25, 0.3) is 0 Å². The zero-order valence-electron chi connectivity index (χ0n) is 11.1. The molecule has 0 saturated carbocycles. The fraction of sp³-hybridized carbons (Fsp3) is 0.105. The van der Waals surface area contributed by atoms with E-state index in [1.54, 1.807) is 3.21 Å². The molecule has 2 aliphatic rings. The van der Waals surface area contributed by atoms with Crippen molar-refractivity contribution in [2.24, 2.45) is 5.92 Å². The summed E-state index contributed by atoms with van der Waals surface area (Å²) < 4.78 is 1.55. The third kappa shape index (κ3) is 1.88. The molecule has 0 aromatic heterocycles. The van der Waals surface area contributed by atoms with Gasteiger partial charge in [-0.1, -0.05) is 0 Å². The Morgan fingerprint density at radius 3 is 2.50 bits per heavy atom. The molecule has 0 aliphatic heterocycles. The van der Waals surface area contributed by atoms with E-state index in [4.69, 9.17) is 0 Å². The maximum absolute atomic E-state index is 2.30. The molecule has 0 heterocycles. The summed E-state index contributed by atoms with van der Waals surface area (Å²) in [6.07, 6.45) is 10.00. The van der Waals surface area contributed by atoms with Gasteiger partial charge in [-0.05, 0) is 0 Å². The third-order valence-corrected chi connectivity index (χ3v) is 5.70. The summed E-state index contributed by atoms with van der Waals surface area (Å²) in [5, 5.41) is 0. The Kier molecular flexibility index (Phi) is 3.04. The number of hydrogen-bond acceptors (Lipinski definition) is 0. The minimum atomic E-state index is 0.503. The van der Waals surface area contributed by atoms with E-state index in [0.29, 0.717) is 5.92 Å². The molecule has 0 unspecified atom stereocenters. The normalized spacial score (nSPS) is 15.5. The fourth-order valence-electron chi connectivity index (χ4n) is 3.21. The topological polar surface area (TPSA) is 0 Å². The summed E-state index contributed by atoms with van der Waals surface area (Å²) in [6.45, 7) is 0. The number of rotatable bonds is 2. The van der Waals surface area contributed by atoms with Gasteiger partial charge in [0.15, 0.2) is 0 Å². The van der Waals surface area contributed by atoms with E-state index in [9.17, 15) is 0 Å². The van der Waals surface area contributed by atoms with Crippen LogP contribution in [0.15, 0.2) is 66.8 Å². The average Bonchev–Trinajstić information content (AvgIpc) is 3.13. The zero-order chi connectivity index (χ0) is 13.5. The van der Waals surface area contributed by atoms with E-state index in [1.165, 1.54) is 52.1 Å². The Morgan fingerprint density at radius 2 is 1.65 bits per heavy atom. The molecule has 0 atom stereocenters. The van der Waals surface area contributed by atoms with Gasteiger partial charge in [0.2, 0.25) is 0 Å². The van der Waals surface area contributed by atoms with Crippen molar-refractivity contribution < 1.29 is 24.2 Å². The van der Waals surface area contributed by atoms with Gasteiger partial charge >= 0.3 is 134 Å². The monoisotopic (exact) mass is 332 g/mol. The molecule has 1 heteroatoms. The van der Waals surface area contributed by atoms with Crippen molar-refractivity contribution in [1.82, 2.24) is 0 Å². The van der Waals surface area contributed by atoms with Crippen molar-refractivity contribution in [2.75, 3.05) is 0 Å². The number of allylic oxidation sites excluding steroid dienone is 4. The van der Waals surface area contributed by atoms with Crippen LogP contribution in [0.5, 0.6) is 0 Å². The van der Waals surface area contributed by atoms with Gasteiger partial charge in [0.1, 0.15) is 0 Å². The van der Waals surface area contributed by atoms with Crippen LogP contribution < -0.4 is 0 Å². The van der Waals surface area contributed by atoms with Crippen LogP contribution in [0, 0.1) is 5.92 Å². The molecule has 2 aromatic carbocycles. The Morgan fingerprint density at radius 1 is 0.900 bits per heavy atom. The first-order chi connectivity index (χ1) is 9.84. The molecular formula is C19H14Zr+2. The molecule has 20 heavy (non-hydrogen) atoms. The predicted molar refractivity (Wildman–Crippen MR) is 80.6 cm³/mol. The molecular weight excluding hydrogens is 319 g/mol. The molecule has 92 valence electrons. The Labute approximate surface area is 134 Å². The van der Waals surface area contributed by atoms with E-state index < -0.39 is 0 Å². The standard InChI is InChI=1S/C19H14.Zr/c1-2-7-14(6-1)12-15-9-5-11-18-17-10-4-3-8-16(17)13-19(15)18;/h1-11,14H,13H2;/q;+2. The first kappa shape index (κ1) is 12.4. The fourth-order valence-corrected chi connectivity index (χ4v) is 4.26. The van der Waals surface area contributed by atoms with Crippen LogP contribution in [0.2, 0.25) is 0 Å². The SMILES string of the molecule is [Zr+2]=[C](c1cccc2c1Cc1ccccc1-2)C1C=CC=C1. The summed E-state index contributed by atoms with van der Waals surface area (Å²) in [7, 11) is 0. The Hall–Kier alpha value is -1.33. The van der Waals surface area contributed by atoms with Crippen molar-refractivity contribution in [3.63, 3.8) is 0 Å². The molecule has 0 bridgehead atoms. The van der Waals surface area contributed by atoms with Crippen LogP contribution in [0.3, 0.4) is 0 Å². The number of hydrogen-bond donors (Lipinski definition) is 0. The van der Waals surface area contributed by atoms with Gasteiger partial charge in [-0.25, -0.2) is 0 Å². The molecule has 0 N–H and O–H groups in total. The van der Waals surface area contributed by atoms with Gasteiger partial charge in [0, 0.05) is 0 Å². The summed E-state index contributed by atoms with van der Waals surface area (Å²) >= 11 is 1.52. The first-order valence-corrected chi connectivity index (χ1v) is 8.21. The van der Waals surface area contributed by atoms with Crippen molar-refractivity contribution in [3.8, 4) is 11.1 Å². The molecule has 0 amide bonds. The first-order valence-electron chi connectivity index (χ1n) is 6.98. The zero-order valence-corrected chi connectivity index (χ0v) is 13.6. The van der Waals surface area contributed by atoms with E-state index in [2.05, 4.69) is 66.8 Å². The van der Waals surface area contributed by atoms with Crippen molar-refractivity contribution in [1.29, 1.82) is 0 Å². The molecule has 4 rings (SSSR count). The second-order valence-electron chi connectivity index (χ2n) is 5.37. The van der Waals surface area contributed by atoms with Gasteiger partial charge in [-0.2, -0.15) is 0 Å². The van der Waals surface area contributed by atoms with E-state index >= 15 is 0 Å². The Bertz CT molecular complexity index is 753. The van der Waals surface area contributed by atoms with Crippen LogP contribution in [0.1, 0.15) is 16.7 Å². The number of benzene rings is 2. The summed E-state index contributed by atoms with van der Waals surface area (Å²) in [4.78, 5) is 0. The van der Waals surface area contributed by atoms with Crippen molar-refractivity contribution >= 4 is 3.21 Å². The second kappa shape index (κ2) is 4.90. The molecule has 0 spiro atoms. The molecule has 0 fully saturated rings. The molecule has 2 aliphatic carbocycles. The molecule has 2 aromatic rings. The Balaban J connectivity index is 1.83. The van der Waals surface area contributed by atoms with Crippen LogP contribution in [0.25, 0.3) is 11.1 Å². The molecule has 0 radical (unpaired) electrons. The van der Waals surface area contributed by atoms with Gasteiger partial charge in [-0.3, -0.25) is 0 Å². The van der Waals surface area contributed by atoms with Crippen molar-refractivity contribution in [3.05, 3.63) is 83.5 Å². The quantitative estimate of drug-likeness (QED) is 0.663.